The van der Waals surface area contributed by atoms with Crippen molar-refractivity contribution in [3.63, 3.8) is 0 Å². The van der Waals surface area contributed by atoms with E-state index in [1.807, 2.05) is 12.1 Å². The van der Waals surface area contributed by atoms with Crippen LogP contribution in [0, 0.1) is 18.8 Å². The Labute approximate surface area is 205 Å². The normalized spacial score (nSPS) is 13.3. The summed E-state index contributed by atoms with van der Waals surface area (Å²) < 4.78 is 0. The van der Waals surface area contributed by atoms with Crippen LogP contribution in [0.4, 0.5) is 0 Å². The third-order valence-corrected chi connectivity index (χ3v) is 7.01. The number of hydrogen-bond donors (Lipinski definition) is 1. The molecule has 4 aromatic rings. The first-order valence-corrected chi connectivity index (χ1v) is 12.4. The maximum atomic E-state index is 9.76. The third kappa shape index (κ3) is 4.94. The minimum Gasteiger partial charge on any atom is -0.508 e. The van der Waals surface area contributed by atoms with Crippen LogP contribution in [0.1, 0.15) is 67.3 Å². The Hall–Kier alpha value is -3.32. The van der Waals surface area contributed by atoms with E-state index in [0.717, 1.165) is 0 Å². The van der Waals surface area contributed by atoms with Gasteiger partial charge in [-0.05, 0) is 69.8 Å². The van der Waals surface area contributed by atoms with Gasteiger partial charge in [0.1, 0.15) is 5.75 Å². The van der Waals surface area contributed by atoms with E-state index in [1.165, 1.54) is 38.9 Å². The summed E-state index contributed by atoms with van der Waals surface area (Å²) in [4.78, 5) is 0. The average molecular weight is 449 g/mol. The fraction of sp³-hybridized carbons (Fsp3) is 0.273. The van der Waals surface area contributed by atoms with Gasteiger partial charge in [0, 0.05) is 11.8 Å². The van der Waals surface area contributed by atoms with E-state index in [4.69, 9.17) is 0 Å². The van der Waals surface area contributed by atoms with Gasteiger partial charge in [-0.15, -0.1) is 0 Å². The molecule has 0 fully saturated rings. The lowest BCUT2D eigenvalue weighted by Gasteiger charge is -2.26. The summed E-state index contributed by atoms with van der Waals surface area (Å²) in [5.74, 6) is 1.89. The zero-order valence-corrected chi connectivity index (χ0v) is 21.0. The predicted molar refractivity (Wildman–Crippen MR) is 145 cm³/mol. The van der Waals surface area contributed by atoms with Crippen molar-refractivity contribution in [1.29, 1.82) is 0 Å². The number of phenolic OH excluding ortho intramolecular Hbond substituents is 1. The van der Waals surface area contributed by atoms with Crippen LogP contribution in [-0.4, -0.2) is 5.11 Å². The van der Waals surface area contributed by atoms with Crippen molar-refractivity contribution in [2.45, 2.75) is 46.5 Å². The molecular formula is C33H36O. The number of aromatic hydroxyl groups is 1. The summed E-state index contributed by atoms with van der Waals surface area (Å²) in [7, 11) is 0. The van der Waals surface area contributed by atoms with Crippen molar-refractivity contribution in [1.82, 2.24) is 0 Å². The third-order valence-electron chi connectivity index (χ3n) is 7.01. The molecule has 0 spiro atoms. The van der Waals surface area contributed by atoms with Gasteiger partial charge in [-0.3, -0.25) is 0 Å². The molecule has 1 heteroatoms. The second-order valence-corrected chi connectivity index (χ2v) is 10.1. The van der Waals surface area contributed by atoms with E-state index < -0.39 is 0 Å². The van der Waals surface area contributed by atoms with Gasteiger partial charge in [-0.25, -0.2) is 0 Å². The summed E-state index contributed by atoms with van der Waals surface area (Å²) in [6, 6.07) is 34.3. The lowest BCUT2D eigenvalue weighted by molar-refractivity contribution is 0.474. The minimum atomic E-state index is 0.275. The first-order chi connectivity index (χ1) is 16.4. The molecule has 174 valence electrons. The molecule has 2 unspecified atom stereocenters. The van der Waals surface area contributed by atoms with Crippen LogP contribution < -0.4 is 0 Å². The zero-order valence-electron chi connectivity index (χ0n) is 21.0. The number of benzene rings is 4. The van der Waals surface area contributed by atoms with Crippen LogP contribution in [0.3, 0.4) is 0 Å². The van der Waals surface area contributed by atoms with E-state index in [1.54, 1.807) is 12.1 Å². The van der Waals surface area contributed by atoms with Crippen LogP contribution in [0.5, 0.6) is 5.75 Å². The molecule has 4 rings (SSSR count). The highest BCUT2D eigenvalue weighted by Gasteiger charge is 2.22. The van der Waals surface area contributed by atoms with Crippen molar-refractivity contribution in [2.75, 3.05) is 0 Å². The van der Waals surface area contributed by atoms with E-state index >= 15 is 0 Å². The van der Waals surface area contributed by atoms with Gasteiger partial charge in [0.15, 0.2) is 0 Å². The highest BCUT2D eigenvalue weighted by atomic mass is 16.3. The van der Waals surface area contributed by atoms with E-state index in [9.17, 15) is 5.11 Å². The quantitative estimate of drug-likeness (QED) is 0.299. The van der Waals surface area contributed by atoms with Crippen molar-refractivity contribution < 1.29 is 5.11 Å². The van der Waals surface area contributed by atoms with Crippen LogP contribution >= 0.6 is 0 Å². The Morgan fingerprint density at radius 3 is 1.79 bits per heavy atom. The zero-order chi connectivity index (χ0) is 24.2. The molecule has 34 heavy (non-hydrogen) atoms. The maximum Gasteiger partial charge on any atom is 0.115 e. The first kappa shape index (κ1) is 23.8. The fourth-order valence-corrected chi connectivity index (χ4v) is 5.43. The molecule has 0 saturated carbocycles. The highest BCUT2D eigenvalue weighted by Crippen LogP contribution is 2.39. The van der Waals surface area contributed by atoms with Gasteiger partial charge in [0.05, 0.1) is 0 Å². The van der Waals surface area contributed by atoms with Crippen molar-refractivity contribution in [3.8, 4) is 16.9 Å². The number of hydrogen-bond acceptors (Lipinski definition) is 1. The van der Waals surface area contributed by atoms with Gasteiger partial charge in [-0.2, -0.15) is 0 Å². The molecule has 1 N–H and O–H groups in total. The molecule has 0 saturated heterocycles. The van der Waals surface area contributed by atoms with Crippen LogP contribution in [0.25, 0.3) is 11.1 Å². The second kappa shape index (κ2) is 10.3. The smallest absolute Gasteiger partial charge is 0.115 e. The van der Waals surface area contributed by atoms with E-state index in [-0.39, 0.29) is 5.92 Å². The van der Waals surface area contributed by atoms with E-state index in [2.05, 4.69) is 107 Å². The Morgan fingerprint density at radius 1 is 0.559 bits per heavy atom. The molecule has 2 atom stereocenters. The Balaban J connectivity index is 1.78. The monoisotopic (exact) mass is 448 g/mol. The molecule has 0 aliphatic carbocycles. The maximum absolute atomic E-state index is 9.76. The summed E-state index contributed by atoms with van der Waals surface area (Å²) in [6.07, 6.45) is 0. The minimum absolute atomic E-state index is 0.275. The van der Waals surface area contributed by atoms with Crippen molar-refractivity contribution in [3.05, 3.63) is 125 Å². The molecule has 0 aliphatic heterocycles. The van der Waals surface area contributed by atoms with Gasteiger partial charge in [-0.1, -0.05) is 113 Å². The van der Waals surface area contributed by atoms with Gasteiger partial charge < -0.3 is 5.11 Å². The van der Waals surface area contributed by atoms with Crippen molar-refractivity contribution >= 4 is 0 Å². The van der Waals surface area contributed by atoms with Crippen LogP contribution in [0.15, 0.2) is 97.1 Å². The van der Waals surface area contributed by atoms with Gasteiger partial charge in [0.2, 0.25) is 0 Å². The predicted octanol–water partition coefficient (Wildman–Crippen LogP) is 8.94. The van der Waals surface area contributed by atoms with Crippen LogP contribution in [0.2, 0.25) is 0 Å². The molecular weight excluding hydrogens is 412 g/mol. The second-order valence-electron chi connectivity index (χ2n) is 10.1. The topological polar surface area (TPSA) is 20.2 Å². The van der Waals surface area contributed by atoms with E-state index in [0.29, 0.717) is 23.5 Å². The summed E-state index contributed by atoms with van der Waals surface area (Å²) >= 11 is 0. The molecule has 0 heterocycles. The lowest BCUT2D eigenvalue weighted by Crippen LogP contribution is -2.11. The Morgan fingerprint density at radius 2 is 1.15 bits per heavy atom. The fourth-order valence-electron chi connectivity index (χ4n) is 5.43. The largest absolute Gasteiger partial charge is 0.508 e. The summed E-state index contributed by atoms with van der Waals surface area (Å²) in [5.41, 5.74) is 9.24. The SMILES string of the molecule is Cc1c(-c2cccc(C(c3ccc(O)cc3)C(C)C)c2)cccc1C(c1ccccc1)C(C)C. The number of phenols is 1. The molecule has 0 bridgehead atoms. The Kier molecular flexibility index (Phi) is 7.22. The first-order valence-electron chi connectivity index (χ1n) is 12.4. The van der Waals surface area contributed by atoms with Gasteiger partial charge >= 0.3 is 0 Å². The van der Waals surface area contributed by atoms with Crippen molar-refractivity contribution in [2.24, 2.45) is 11.8 Å². The molecule has 0 amide bonds. The molecule has 0 aliphatic rings. The molecule has 1 nitrogen and oxygen atoms in total. The highest BCUT2D eigenvalue weighted by molar-refractivity contribution is 5.70. The van der Waals surface area contributed by atoms with Crippen LogP contribution in [-0.2, 0) is 0 Å². The summed E-state index contributed by atoms with van der Waals surface area (Å²) in [5, 5.41) is 9.76. The molecule has 0 radical (unpaired) electrons. The Bertz CT molecular complexity index is 1220. The lowest BCUT2D eigenvalue weighted by atomic mass is 9.78. The standard InChI is InChI=1S/C33H36O/c1-22(2)32(26-17-19-29(34)20-18-26)28-14-9-13-27(21-28)30-15-10-16-31(24(30)5)33(23(3)4)25-11-7-6-8-12-25/h6-23,32-34H,1-5H3. The number of rotatable bonds is 7. The summed E-state index contributed by atoms with van der Waals surface area (Å²) in [6.45, 7) is 11.4. The molecule has 4 aromatic carbocycles. The molecule has 0 aromatic heterocycles. The van der Waals surface area contributed by atoms with Gasteiger partial charge in [0.25, 0.3) is 0 Å². The average Bonchev–Trinajstić information content (AvgIpc) is 2.82.